The van der Waals surface area contributed by atoms with Gasteiger partial charge in [-0.2, -0.15) is 0 Å². The molecule has 0 aromatic carbocycles. The van der Waals surface area contributed by atoms with E-state index in [2.05, 4.69) is 13.8 Å². The molecular weight excluding hydrogens is 164 g/mol. The Bertz CT molecular complexity index is 155. The lowest BCUT2D eigenvalue weighted by molar-refractivity contribution is -0.118. The third-order valence-corrected chi connectivity index (χ3v) is 2.48. The predicted octanol–water partition coefficient (Wildman–Crippen LogP) is 1.55. The zero-order valence-corrected chi connectivity index (χ0v) is 8.81. The second-order valence-corrected chi connectivity index (χ2v) is 4.03. The fourth-order valence-electron chi connectivity index (χ4n) is 1.18. The normalized spacial score (nSPS) is 15.3. The van der Waals surface area contributed by atoms with Crippen LogP contribution in [0.15, 0.2) is 0 Å². The molecule has 0 aliphatic carbocycles. The van der Waals surface area contributed by atoms with Gasteiger partial charge in [0.15, 0.2) is 0 Å². The Morgan fingerprint density at radius 1 is 1.31 bits per heavy atom. The summed E-state index contributed by atoms with van der Waals surface area (Å²) in [6.45, 7) is 4.17. The van der Waals surface area contributed by atoms with Gasteiger partial charge in [-0.1, -0.05) is 19.8 Å². The lowest BCUT2D eigenvalue weighted by Gasteiger charge is -2.22. The summed E-state index contributed by atoms with van der Waals surface area (Å²) in [7, 11) is 0. The Balaban J connectivity index is 3.30. The van der Waals surface area contributed by atoms with E-state index >= 15 is 0 Å². The summed E-state index contributed by atoms with van der Waals surface area (Å²) in [5.74, 6) is -0.203. The van der Waals surface area contributed by atoms with Gasteiger partial charge in [-0.05, 0) is 26.2 Å². The molecule has 0 aromatic rings. The quantitative estimate of drug-likeness (QED) is 0.592. The molecule has 0 heterocycles. The van der Waals surface area contributed by atoms with E-state index in [0.717, 1.165) is 32.1 Å². The minimum atomic E-state index is -0.203. The molecule has 0 fully saturated rings. The number of hydrogen-bond donors (Lipinski definition) is 2. The number of hydrogen-bond acceptors (Lipinski definition) is 2. The second kappa shape index (κ2) is 5.97. The summed E-state index contributed by atoms with van der Waals surface area (Å²) >= 11 is 0. The molecule has 0 aliphatic rings. The molecule has 78 valence electrons. The molecule has 1 amide bonds. The SMILES string of the molecule is CCC(C)(N)CCCCCC(N)=O. The fraction of sp³-hybridized carbons (Fsp3) is 0.900. The van der Waals surface area contributed by atoms with Gasteiger partial charge in [-0.3, -0.25) is 4.79 Å². The first kappa shape index (κ1) is 12.4. The Labute approximate surface area is 80.9 Å². The van der Waals surface area contributed by atoms with E-state index in [1.54, 1.807) is 0 Å². The Morgan fingerprint density at radius 3 is 2.38 bits per heavy atom. The maximum absolute atomic E-state index is 10.4. The van der Waals surface area contributed by atoms with Crippen molar-refractivity contribution in [3.8, 4) is 0 Å². The average molecular weight is 186 g/mol. The highest BCUT2D eigenvalue weighted by molar-refractivity contribution is 5.73. The number of unbranched alkanes of at least 4 members (excludes halogenated alkanes) is 2. The molecule has 0 aromatic heterocycles. The van der Waals surface area contributed by atoms with Crippen molar-refractivity contribution >= 4 is 5.91 Å². The Kier molecular flexibility index (Phi) is 5.71. The van der Waals surface area contributed by atoms with E-state index in [9.17, 15) is 4.79 Å². The molecule has 3 nitrogen and oxygen atoms in total. The highest BCUT2D eigenvalue weighted by Crippen LogP contribution is 2.15. The summed E-state index contributed by atoms with van der Waals surface area (Å²) < 4.78 is 0. The van der Waals surface area contributed by atoms with Crippen LogP contribution < -0.4 is 11.5 Å². The number of rotatable bonds is 7. The average Bonchev–Trinajstić information content (AvgIpc) is 2.03. The van der Waals surface area contributed by atoms with Gasteiger partial charge in [0.05, 0.1) is 0 Å². The highest BCUT2D eigenvalue weighted by Gasteiger charge is 2.13. The molecule has 4 N–H and O–H groups in total. The number of primary amides is 1. The third-order valence-electron chi connectivity index (χ3n) is 2.48. The van der Waals surface area contributed by atoms with Crippen LogP contribution in [0.25, 0.3) is 0 Å². The first-order valence-electron chi connectivity index (χ1n) is 5.05. The van der Waals surface area contributed by atoms with Crippen LogP contribution in [0.5, 0.6) is 0 Å². The maximum atomic E-state index is 10.4. The van der Waals surface area contributed by atoms with Gasteiger partial charge < -0.3 is 11.5 Å². The minimum Gasteiger partial charge on any atom is -0.370 e. The zero-order chi connectivity index (χ0) is 10.3. The third kappa shape index (κ3) is 7.78. The van der Waals surface area contributed by atoms with Crippen LogP contribution in [0.3, 0.4) is 0 Å². The van der Waals surface area contributed by atoms with Gasteiger partial charge >= 0.3 is 0 Å². The lowest BCUT2D eigenvalue weighted by Crippen LogP contribution is -2.34. The molecule has 0 saturated heterocycles. The van der Waals surface area contributed by atoms with E-state index in [-0.39, 0.29) is 11.4 Å². The molecule has 0 rings (SSSR count). The summed E-state index contributed by atoms with van der Waals surface area (Å²) in [6.07, 6.45) is 5.58. The van der Waals surface area contributed by atoms with Crippen molar-refractivity contribution in [2.24, 2.45) is 11.5 Å². The van der Waals surface area contributed by atoms with Gasteiger partial charge in [-0.25, -0.2) is 0 Å². The van der Waals surface area contributed by atoms with E-state index in [1.807, 2.05) is 0 Å². The van der Waals surface area contributed by atoms with Crippen molar-refractivity contribution in [1.29, 1.82) is 0 Å². The minimum absolute atomic E-state index is 0.0350. The molecule has 0 aliphatic heterocycles. The molecule has 3 heteroatoms. The van der Waals surface area contributed by atoms with Gasteiger partial charge in [0.2, 0.25) is 5.91 Å². The van der Waals surface area contributed by atoms with Crippen molar-refractivity contribution in [2.75, 3.05) is 0 Å². The molecule has 0 radical (unpaired) electrons. The smallest absolute Gasteiger partial charge is 0.217 e. The first-order chi connectivity index (χ1) is 5.98. The van der Waals surface area contributed by atoms with Gasteiger partial charge in [0, 0.05) is 12.0 Å². The monoisotopic (exact) mass is 186 g/mol. The van der Waals surface area contributed by atoms with Crippen LogP contribution in [0.2, 0.25) is 0 Å². The van der Waals surface area contributed by atoms with Crippen molar-refractivity contribution in [1.82, 2.24) is 0 Å². The van der Waals surface area contributed by atoms with Crippen LogP contribution in [0.1, 0.15) is 52.4 Å². The van der Waals surface area contributed by atoms with Crippen LogP contribution in [-0.2, 0) is 4.79 Å². The van der Waals surface area contributed by atoms with Crippen LogP contribution in [0.4, 0.5) is 0 Å². The molecule has 1 unspecified atom stereocenters. The number of nitrogens with two attached hydrogens (primary N) is 2. The van der Waals surface area contributed by atoms with Gasteiger partial charge in [0.25, 0.3) is 0 Å². The number of carbonyl (C=O) groups excluding carboxylic acids is 1. The second-order valence-electron chi connectivity index (χ2n) is 4.03. The Hall–Kier alpha value is -0.570. The predicted molar refractivity (Wildman–Crippen MR) is 55.2 cm³/mol. The number of carbonyl (C=O) groups is 1. The molecule has 0 saturated carbocycles. The Morgan fingerprint density at radius 2 is 1.92 bits per heavy atom. The summed E-state index contributed by atoms with van der Waals surface area (Å²) in [5.41, 5.74) is 11.0. The fourth-order valence-corrected chi connectivity index (χ4v) is 1.18. The topological polar surface area (TPSA) is 69.1 Å². The van der Waals surface area contributed by atoms with Gasteiger partial charge in [0.1, 0.15) is 0 Å². The van der Waals surface area contributed by atoms with E-state index in [1.165, 1.54) is 0 Å². The molecule has 1 atom stereocenters. The van der Waals surface area contributed by atoms with Crippen LogP contribution >= 0.6 is 0 Å². The number of amides is 1. The van der Waals surface area contributed by atoms with Crippen molar-refractivity contribution < 1.29 is 4.79 Å². The summed E-state index contributed by atoms with van der Waals surface area (Å²) in [5, 5.41) is 0. The largest absolute Gasteiger partial charge is 0.370 e. The highest BCUT2D eigenvalue weighted by atomic mass is 16.1. The summed E-state index contributed by atoms with van der Waals surface area (Å²) in [6, 6.07) is 0. The molecule has 0 spiro atoms. The van der Waals surface area contributed by atoms with Crippen molar-refractivity contribution in [3.05, 3.63) is 0 Å². The van der Waals surface area contributed by atoms with Crippen molar-refractivity contribution in [2.45, 2.75) is 57.9 Å². The zero-order valence-electron chi connectivity index (χ0n) is 8.81. The molecular formula is C10H22N2O. The molecule has 0 bridgehead atoms. The van der Waals surface area contributed by atoms with Crippen molar-refractivity contribution in [3.63, 3.8) is 0 Å². The van der Waals surface area contributed by atoms with E-state index in [4.69, 9.17) is 11.5 Å². The maximum Gasteiger partial charge on any atom is 0.217 e. The van der Waals surface area contributed by atoms with E-state index in [0.29, 0.717) is 6.42 Å². The van der Waals surface area contributed by atoms with E-state index < -0.39 is 0 Å². The summed E-state index contributed by atoms with van der Waals surface area (Å²) in [4.78, 5) is 10.4. The van der Waals surface area contributed by atoms with Crippen LogP contribution in [-0.4, -0.2) is 11.4 Å². The van der Waals surface area contributed by atoms with Gasteiger partial charge in [-0.15, -0.1) is 0 Å². The standard InChI is InChI=1S/C10H22N2O/c1-3-10(2,12)8-6-4-5-7-9(11)13/h3-8,12H2,1-2H3,(H2,11,13). The molecule has 13 heavy (non-hydrogen) atoms. The first-order valence-corrected chi connectivity index (χ1v) is 5.05. The van der Waals surface area contributed by atoms with Crippen LogP contribution in [0, 0.1) is 0 Å². The lowest BCUT2D eigenvalue weighted by atomic mass is 9.93.